The summed E-state index contributed by atoms with van der Waals surface area (Å²) in [6.45, 7) is 4.50. The normalized spacial score (nSPS) is 10.8. The average Bonchev–Trinajstić information content (AvgIpc) is 2.95. The van der Waals surface area contributed by atoms with Gasteiger partial charge in [0.2, 0.25) is 0 Å². The first-order valence-electron chi connectivity index (χ1n) is 7.83. The summed E-state index contributed by atoms with van der Waals surface area (Å²) >= 11 is 1.37. The maximum Gasteiger partial charge on any atom is 0.255 e. The minimum absolute atomic E-state index is 0.156. The lowest BCUT2D eigenvalue weighted by Gasteiger charge is -2.09. The van der Waals surface area contributed by atoms with Gasteiger partial charge in [-0.1, -0.05) is 30.4 Å². The number of nitrogens with two attached hydrogens (primary N) is 1. The number of amides is 1. The second kappa shape index (κ2) is 6.88. The van der Waals surface area contributed by atoms with Crippen LogP contribution in [0, 0.1) is 0 Å². The number of nitrogens with one attached hydrogen (secondary N) is 1. The van der Waals surface area contributed by atoms with Gasteiger partial charge < -0.3 is 15.8 Å². The highest BCUT2D eigenvalue weighted by Crippen LogP contribution is 2.34. The van der Waals surface area contributed by atoms with Gasteiger partial charge >= 0.3 is 0 Å². The van der Waals surface area contributed by atoms with Crippen LogP contribution in [0.2, 0.25) is 0 Å². The number of carbonyl (C=O) groups excluding carboxylic acids is 1. The molecule has 5 nitrogen and oxygen atoms in total. The molecule has 0 bridgehead atoms. The molecule has 1 aromatic heterocycles. The summed E-state index contributed by atoms with van der Waals surface area (Å²) in [5.74, 6) is 0.469. The van der Waals surface area contributed by atoms with Gasteiger partial charge in [0, 0.05) is 17.3 Å². The predicted octanol–water partition coefficient (Wildman–Crippen LogP) is 4.09. The lowest BCUT2D eigenvalue weighted by Crippen LogP contribution is -2.12. The number of nitrogen functional groups attached to an aromatic ring is 1. The minimum Gasteiger partial charge on any atom is -0.491 e. The zero-order chi connectivity index (χ0) is 17.1. The number of fused-ring (bicyclic) bond motifs is 1. The van der Waals surface area contributed by atoms with Gasteiger partial charge in [-0.3, -0.25) is 4.79 Å². The van der Waals surface area contributed by atoms with Crippen LogP contribution in [0.3, 0.4) is 0 Å². The average molecular weight is 341 g/mol. The second-order valence-corrected chi connectivity index (χ2v) is 6.37. The molecule has 0 aliphatic carbocycles. The Morgan fingerprint density at radius 1 is 1.25 bits per heavy atom. The maximum absolute atomic E-state index is 12.4. The van der Waals surface area contributed by atoms with Crippen LogP contribution in [0.25, 0.3) is 10.2 Å². The highest BCUT2D eigenvalue weighted by atomic mass is 32.1. The summed E-state index contributed by atoms with van der Waals surface area (Å²) in [5, 5.41) is 3.39. The number of hydrogen-bond acceptors (Lipinski definition) is 5. The zero-order valence-corrected chi connectivity index (χ0v) is 14.4. The molecular formula is C18H19N3O2S. The van der Waals surface area contributed by atoms with Crippen molar-refractivity contribution in [3.8, 4) is 5.75 Å². The molecule has 0 fully saturated rings. The van der Waals surface area contributed by atoms with Crippen molar-refractivity contribution in [1.29, 1.82) is 0 Å². The number of carbonyl (C=O) groups is 1. The third-order valence-corrected chi connectivity index (χ3v) is 4.49. The number of nitrogens with zero attached hydrogens (tertiary/aromatic N) is 1. The van der Waals surface area contributed by atoms with E-state index in [4.69, 9.17) is 10.5 Å². The summed E-state index contributed by atoms with van der Waals surface area (Å²) in [7, 11) is 0. The van der Waals surface area contributed by atoms with Crippen LogP contribution in [0.1, 0.15) is 29.8 Å². The van der Waals surface area contributed by atoms with E-state index in [1.54, 1.807) is 6.07 Å². The van der Waals surface area contributed by atoms with Crippen LogP contribution in [0.4, 0.5) is 10.8 Å². The lowest BCUT2D eigenvalue weighted by molar-refractivity contribution is 0.102. The molecule has 0 aliphatic rings. The Labute approximate surface area is 144 Å². The van der Waals surface area contributed by atoms with Gasteiger partial charge in [0.15, 0.2) is 5.13 Å². The van der Waals surface area contributed by atoms with Gasteiger partial charge in [-0.2, -0.15) is 0 Å². The summed E-state index contributed by atoms with van der Waals surface area (Å²) < 4.78 is 6.51. The van der Waals surface area contributed by atoms with Gasteiger partial charge in [-0.05, 0) is 37.1 Å². The molecule has 0 unspecified atom stereocenters. The molecule has 24 heavy (non-hydrogen) atoms. The monoisotopic (exact) mass is 341 g/mol. The Bertz CT molecular complexity index is 872. The van der Waals surface area contributed by atoms with Gasteiger partial charge in [-0.15, -0.1) is 0 Å². The Morgan fingerprint density at radius 2 is 2.00 bits per heavy atom. The lowest BCUT2D eigenvalue weighted by atomic mass is 10.1. The molecular weight excluding hydrogens is 322 g/mol. The zero-order valence-electron chi connectivity index (χ0n) is 13.6. The Morgan fingerprint density at radius 3 is 2.67 bits per heavy atom. The standard InChI is InChI=1S/C18H19N3O2S/c1-3-11-5-7-12(8-6-11)17(22)20-13-9-14(23-4-2)16-15(10-13)24-18(19)21-16/h5-10H,3-4H2,1-2H3,(H2,19,21)(H,20,22). The number of hydrogen-bond donors (Lipinski definition) is 2. The number of benzene rings is 2. The molecule has 3 rings (SSSR count). The Kier molecular flexibility index (Phi) is 4.66. The summed E-state index contributed by atoms with van der Waals surface area (Å²) in [6, 6.07) is 11.2. The number of anilines is 2. The molecule has 3 aromatic rings. The van der Waals surface area contributed by atoms with Gasteiger partial charge in [0.05, 0.1) is 11.3 Å². The van der Waals surface area contributed by atoms with Crippen LogP contribution in [0.5, 0.6) is 5.75 Å². The van der Waals surface area contributed by atoms with Crippen molar-refractivity contribution in [2.75, 3.05) is 17.7 Å². The van der Waals surface area contributed by atoms with E-state index in [0.29, 0.717) is 28.7 Å². The Hall–Kier alpha value is -2.60. The number of ether oxygens (including phenoxy) is 1. The number of rotatable bonds is 5. The van der Waals surface area contributed by atoms with Crippen molar-refractivity contribution in [1.82, 2.24) is 4.98 Å². The number of aromatic nitrogens is 1. The van der Waals surface area contributed by atoms with Crippen molar-refractivity contribution in [2.24, 2.45) is 0 Å². The van der Waals surface area contributed by atoms with E-state index < -0.39 is 0 Å². The fraction of sp³-hybridized carbons (Fsp3) is 0.222. The molecule has 1 heterocycles. The van der Waals surface area contributed by atoms with E-state index in [1.165, 1.54) is 16.9 Å². The summed E-state index contributed by atoms with van der Waals surface area (Å²) in [5.41, 5.74) is 9.00. The fourth-order valence-corrected chi connectivity index (χ4v) is 3.24. The van der Waals surface area contributed by atoms with Crippen molar-refractivity contribution in [3.63, 3.8) is 0 Å². The third kappa shape index (κ3) is 3.33. The molecule has 0 radical (unpaired) electrons. The van der Waals surface area contributed by atoms with E-state index in [1.807, 2.05) is 37.3 Å². The fourth-order valence-electron chi connectivity index (χ4n) is 2.45. The van der Waals surface area contributed by atoms with Crippen molar-refractivity contribution < 1.29 is 9.53 Å². The number of thiazole rings is 1. The molecule has 124 valence electrons. The van der Waals surface area contributed by atoms with E-state index in [0.717, 1.165) is 16.6 Å². The molecule has 0 saturated carbocycles. The first-order chi connectivity index (χ1) is 11.6. The molecule has 0 saturated heterocycles. The third-order valence-electron chi connectivity index (χ3n) is 3.66. The van der Waals surface area contributed by atoms with E-state index in [9.17, 15) is 4.79 Å². The van der Waals surface area contributed by atoms with E-state index in [-0.39, 0.29) is 5.91 Å². The minimum atomic E-state index is -0.156. The van der Waals surface area contributed by atoms with Gasteiger partial charge in [-0.25, -0.2) is 4.98 Å². The molecule has 0 aliphatic heterocycles. The first-order valence-corrected chi connectivity index (χ1v) is 8.65. The van der Waals surface area contributed by atoms with E-state index >= 15 is 0 Å². The SMILES string of the molecule is CCOc1cc(NC(=O)c2ccc(CC)cc2)cc2sc(N)nc12. The largest absolute Gasteiger partial charge is 0.491 e. The number of aryl methyl sites for hydroxylation is 1. The van der Waals surface area contributed by atoms with Crippen LogP contribution >= 0.6 is 11.3 Å². The van der Waals surface area contributed by atoms with Crippen LogP contribution < -0.4 is 15.8 Å². The van der Waals surface area contributed by atoms with Crippen molar-refractivity contribution in [2.45, 2.75) is 20.3 Å². The highest BCUT2D eigenvalue weighted by molar-refractivity contribution is 7.22. The summed E-state index contributed by atoms with van der Waals surface area (Å²) in [6.07, 6.45) is 0.948. The quantitative estimate of drug-likeness (QED) is 0.733. The van der Waals surface area contributed by atoms with Crippen LogP contribution in [-0.4, -0.2) is 17.5 Å². The summed E-state index contributed by atoms with van der Waals surface area (Å²) in [4.78, 5) is 16.7. The second-order valence-electron chi connectivity index (χ2n) is 5.31. The first kappa shape index (κ1) is 16.3. The van der Waals surface area contributed by atoms with Crippen LogP contribution in [-0.2, 0) is 6.42 Å². The van der Waals surface area contributed by atoms with Gasteiger partial charge in [0.25, 0.3) is 5.91 Å². The predicted molar refractivity (Wildman–Crippen MR) is 99.0 cm³/mol. The van der Waals surface area contributed by atoms with Crippen molar-refractivity contribution >= 4 is 38.3 Å². The Balaban J connectivity index is 1.89. The van der Waals surface area contributed by atoms with Crippen molar-refractivity contribution in [3.05, 3.63) is 47.5 Å². The van der Waals surface area contributed by atoms with Gasteiger partial charge in [0.1, 0.15) is 11.3 Å². The van der Waals surface area contributed by atoms with E-state index in [2.05, 4.69) is 17.2 Å². The smallest absolute Gasteiger partial charge is 0.255 e. The molecule has 0 spiro atoms. The topological polar surface area (TPSA) is 77.2 Å². The molecule has 6 heteroatoms. The molecule has 3 N–H and O–H groups in total. The van der Waals surface area contributed by atoms with Crippen LogP contribution in [0.15, 0.2) is 36.4 Å². The molecule has 1 amide bonds. The highest BCUT2D eigenvalue weighted by Gasteiger charge is 2.13. The molecule has 2 aromatic carbocycles. The molecule has 0 atom stereocenters. The maximum atomic E-state index is 12.4.